The lowest BCUT2D eigenvalue weighted by atomic mass is 10.1. The van der Waals surface area contributed by atoms with E-state index in [1.165, 1.54) is 44.0 Å². The molecule has 224 valence electrons. The van der Waals surface area contributed by atoms with E-state index in [4.69, 9.17) is 14.2 Å². The summed E-state index contributed by atoms with van der Waals surface area (Å²) < 4.78 is 44.7. The number of ether oxygens (including phenoxy) is 3. The normalized spacial score (nSPS) is 11.3. The number of nitrogens with one attached hydrogen (secondary N) is 1. The van der Waals surface area contributed by atoms with E-state index in [2.05, 4.69) is 34.8 Å². The number of hydrogen-bond donors (Lipinski definition) is 1. The number of methoxy groups -OCH3 is 2. The third kappa shape index (κ3) is 7.16. The van der Waals surface area contributed by atoms with E-state index < -0.39 is 22.5 Å². The number of anilines is 1. The molecule has 0 fully saturated rings. The number of carbonyl (C=O) groups excluding carboxylic acids is 1. The van der Waals surface area contributed by atoms with Gasteiger partial charge in [0.25, 0.3) is 15.9 Å². The third-order valence-electron chi connectivity index (χ3n) is 6.78. The molecule has 5 aromatic rings. The zero-order valence-electron chi connectivity index (χ0n) is 24.2. The molecular weight excluding hydrogens is 578 g/mol. The van der Waals surface area contributed by atoms with Gasteiger partial charge in [-0.2, -0.15) is 5.10 Å². The number of nitrogens with zero attached hydrogens (tertiary/aromatic N) is 2. The Morgan fingerprint density at radius 3 is 2.23 bits per heavy atom. The van der Waals surface area contributed by atoms with E-state index in [-0.39, 0.29) is 10.6 Å². The van der Waals surface area contributed by atoms with Crippen LogP contribution in [0.4, 0.5) is 5.69 Å². The number of hydrogen-bond acceptors (Lipinski definition) is 7. The molecule has 1 amide bonds. The minimum absolute atomic E-state index is 0.0361. The smallest absolute Gasteiger partial charge is 0.264 e. The number of carbonyl (C=O) groups is 1. The SMILES string of the molecule is COc1ccc(N(CC(=O)N/N=C\c2ccc(OCc3ccc4ccccc4c3)cc2)S(=O)(=O)c2ccccc2)cc1OC. The van der Waals surface area contributed by atoms with Gasteiger partial charge in [0.15, 0.2) is 11.5 Å². The van der Waals surface area contributed by atoms with Crippen molar-refractivity contribution in [2.75, 3.05) is 25.1 Å². The van der Waals surface area contributed by atoms with Crippen LogP contribution in [0.15, 0.2) is 125 Å². The van der Waals surface area contributed by atoms with Gasteiger partial charge in [0.05, 0.1) is 31.0 Å². The number of sulfonamides is 1. The highest BCUT2D eigenvalue weighted by Gasteiger charge is 2.28. The molecule has 0 unspecified atom stereocenters. The second-order valence-corrected chi connectivity index (χ2v) is 11.6. The molecule has 0 saturated heterocycles. The standard InChI is InChI=1S/C34H31N3O6S/c1-41-32-19-16-29(21-33(32)42-2)37(44(39,40)31-10-4-3-5-11-31)23-34(38)36-35-22-25-13-17-30(18-14-25)43-24-26-12-15-27-8-6-7-9-28(27)20-26/h3-22H,23-24H2,1-2H3,(H,36,38)/b35-22-. The van der Waals surface area contributed by atoms with Crippen LogP contribution in [0.2, 0.25) is 0 Å². The fourth-order valence-corrected chi connectivity index (χ4v) is 5.94. The van der Waals surface area contributed by atoms with Crippen LogP contribution in [0.25, 0.3) is 10.8 Å². The molecule has 1 N–H and O–H groups in total. The third-order valence-corrected chi connectivity index (χ3v) is 8.56. The highest BCUT2D eigenvalue weighted by Crippen LogP contribution is 2.33. The highest BCUT2D eigenvalue weighted by atomic mass is 32.2. The molecule has 10 heteroatoms. The van der Waals surface area contributed by atoms with Gasteiger partial charge in [-0.3, -0.25) is 9.10 Å². The second kappa shape index (κ2) is 13.7. The van der Waals surface area contributed by atoms with Crippen molar-refractivity contribution in [3.05, 3.63) is 126 Å². The number of rotatable bonds is 12. The van der Waals surface area contributed by atoms with Gasteiger partial charge >= 0.3 is 0 Å². The van der Waals surface area contributed by atoms with Crippen LogP contribution in [0, 0.1) is 0 Å². The average Bonchev–Trinajstić information content (AvgIpc) is 3.06. The summed E-state index contributed by atoms with van der Waals surface area (Å²) in [6.45, 7) is -0.0949. The van der Waals surface area contributed by atoms with Crippen molar-refractivity contribution < 1.29 is 27.4 Å². The van der Waals surface area contributed by atoms with Gasteiger partial charge in [0, 0.05) is 6.07 Å². The Balaban J connectivity index is 1.23. The first-order valence-electron chi connectivity index (χ1n) is 13.7. The van der Waals surface area contributed by atoms with Gasteiger partial charge in [0.2, 0.25) is 0 Å². The Morgan fingerprint density at radius 2 is 1.50 bits per heavy atom. The van der Waals surface area contributed by atoms with Crippen molar-refractivity contribution in [3.8, 4) is 17.2 Å². The topological polar surface area (TPSA) is 107 Å². The Bertz CT molecular complexity index is 1880. The number of fused-ring (bicyclic) bond motifs is 1. The van der Waals surface area contributed by atoms with Crippen LogP contribution in [0.3, 0.4) is 0 Å². The van der Waals surface area contributed by atoms with Crippen molar-refractivity contribution >= 4 is 38.6 Å². The Labute approximate surface area is 256 Å². The van der Waals surface area contributed by atoms with E-state index in [9.17, 15) is 13.2 Å². The minimum atomic E-state index is -4.10. The van der Waals surface area contributed by atoms with E-state index in [0.29, 0.717) is 23.9 Å². The fraction of sp³-hybridized carbons (Fsp3) is 0.118. The maximum atomic E-state index is 13.6. The van der Waals surface area contributed by atoms with Gasteiger partial charge in [-0.15, -0.1) is 0 Å². The first kappa shape index (κ1) is 30.1. The molecule has 0 aromatic heterocycles. The van der Waals surface area contributed by atoms with Crippen LogP contribution in [-0.2, 0) is 21.4 Å². The fourth-order valence-electron chi connectivity index (χ4n) is 4.50. The molecule has 0 heterocycles. The van der Waals surface area contributed by atoms with E-state index in [1.54, 1.807) is 42.5 Å². The maximum absolute atomic E-state index is 13.6. The molecule has 0 bridgehead atoms. The summed E-state index contributed by atoms with van der Waals surface area (Å²) in [4.78, 5) is 13.0. The summed E-state index contributed by atoms with van der Waals surface area (Å²) in [6, 6.07) is 34.1. The number of amides is 1. The maximum Gasteiger partial charge on any atom is 0.264 e. The lowest BCUT2D eigenvalue weighted by Gasteiger charge is -2.24. The van der Waals surface area contributed by atoms with Crippen LogP contribution < -0.4 is 23.9 Å². The van der Waals surface area contributed by atoms with Crippen molar-refractivity contribution in [2.45, 2.75) is 11.5 Å². The first-order valence-corrected chi connectivity index (χ1v) is 15.1. The largest absolute Gasteiger partial charge is 0.493 e. The van der Waals surface area contributed by atoms with E-state index in [1.807, 2.05) is 30.3 Å². The quantitative estimate of drug-likeness (QED) is 0.142. The van der Waals surface area contributed by atoms with Gasteiger partial charge in [-0.05, 0) is 76.5 Å². The Hall–Kier alpha value is -5.35. The van der Waals surface area contributed by atoms with Crippen molar-refractivity contribution in [1.29, 1.82) is 0 Å². The number of hydrazone groups is 1. The second-order valence-electron chi connectivity index (χ2n) is 9.70. The molecule has 0 spiro atoms. The van der Waals surface area contributed by atoms with Crippen LogP contribution in [-0.4, -0.2) is 41.3 Å². The van der Waals surface area contributed by atoms with Crippen molar-refractivity contribution in [1.82, 2.24) is 5.43 Å². The van der Waals surface area contributed by atoms with Gasteiger partial charge in [-0.25, -0.2) is 13.8 Å². The van der Waals surface area contributed by atoms with Crippen LogP contribution in [0.5, 0.6) is 17.2 Å². The molecule has 0 saturated carbocycles. The zero-order chi connectivity index (χ0) is 30.9. The van der Waals surface area contributed by atoms with Gasteiger partial charge in [0.1, 0.15) is 18.9 Å². The van der Waals surface area contributed by atoms with E-state index in [0.717, 1.165) is 20.8 Å². The summed E-state index contributed by atoms with van der Waals surface area (Å²) in [5, 5.41) is 6.36. The monoisotopic (exact) mass is 609 g/mol. The molecule has 44 heavy (non-hydrogen) atoms. The lowest BCUT2D eigenvalue weighted by molar-refractivity contribution is -0.119. The molecular formula is C34H31N3O6S. The predicted molar refractivity (Wildman–Crippen MR) is 171 cm³/mol. The molecule has 0 atom stereocenters. The Kier molecular flexibility index (Phi) is 9.41. The molecule has 0 aliphatic carbocycles. The number of benzene rings is 5. The Morgan fingerprint density at radius 1 is 0.795 bits per heavy atom. The molecule has 5 rings (SSSR count). The predicted octanol–water partition coefficient (Wildman–Crippen LogP) is 5.78. The van der Waals surface area contributed by atoms with Crippen LogP contribution >= 0.6 is 0 Å². The molecule has 0 aliphatic rings. The van der Waals surface area contributed by atoms with Crippen LogP contribution in [0.1, 0.15) is 11.1 Å². The van der Waals surface area contributed by atoms with Crippen molar-refractivity contribution in [3.63, 3.8) is 0 Å². The van der Waals surface area contributed by atoms with E-state index >= 15 is 0 Å². The summed E-state index contributed by atoms with van der Waals surface area (Å²) in [5.41, 5.74) is 4.43. The van der Waals surface area contributed by atoms with Crippen molar-refractivity contribution in [2.24, 2.45) is 5.10 Å². The summed E-state index contributed by atoms with van der Waals surface area (Å²) in [6.07, 6.45) is 1.47. The first-order chi connectivity index (χ1) is 21.4. The molecule has 0 aliphatic heterocycles. The lowest BCUT2D eigenvalue weighted by Crippen LogP contribution is -2.39. The highest BCUT2D eigenvalue weighted by molar-refractivity contribution is 7.92. The zero-order valence-corrected chi connectivity index (χ0v) is 25.0. The molecule has 5 aromatic carbocycles. The summed E-state index contributed by atoms with van der Waals surface area (Å²) >= 11 is 0. The summed E-state index contributed by atoms with van der Waals surface area (Å²) in [5.74, 6) is 0.802. The molecule has 0 radical (unpaired) electrons. The van der Waals surface area contributed by atoms with Gasteiger partial charge < -0.3 is 14.2 Å². The molecule has 9 nitrogen and oxygen atoms in total. The van der Waals surface area contributed by atoms with Gasteiger partial charge in [-0.1, -0.05) is 54.6 Å². The average molecular weight is 610 g/mol. The minimum Gasteiger partial charge on any atom is -0.493 e. The summed E-state index contributed by atoms with van der Waals surface area (Å²) in [7, 11) is -1.17.